The third kappa shape index (κ3) is 3.52. The molecular weight excluding hydrogens is 269 g/mol. The Morgan fingerprint density at radius 2 is 1.75 bits per heavy atom. The van der Waals surface area contributed by atoms with Gasteiger partial charge in [-0.25, -0.2) is 0 Å². The molecule has 0 bridgehead atoms. The Bertz CT molecular complexity index is 459. The largest absolute Gasteiger partial charge is 0.481 e. The lowest BCUT2D eigenvalue weighted by Crippen LogP contribution is -2.15. The zero-order chi connectivity index (χ0) is 14.8. The Balaban J connectivity index is 2.14. The lowest BCUT2D eigenvalue weighted by atomic mass is 9.87. The van der Waals surface area contributed by atoms with E-state index < -0.39 is 23.6 Å². The molecule has 1 saturated carbocycles. The average molecular weight is 286 g/mol. The van der Waals surface area contributed by atoms with Gasteiger partial charge >= 0.3 is 12.1 Å². The quantitative estimate of drug-likeness (QED) is 0.887. The third-order valence-corrected chi connectivity index (χ3v) is 3.98. The van der Waals surface area contributed by atoms with Crippen molar-refractivity contribution in [2.75, 3.05) is 0 Å². The molecule has 0 aromatic heterocycles. The molecule has 0 radical (unpaired) electrons. The van der Waals surface area contributed by atoms with Crippen LogP contribution >= 0.6 is 0 Å². The van der Waals surface area contributed by atoms with Crippen LogP contribution in [0.25, 0.3) is 0 Å². The fraction of sp³-hybridized carbons (Fsp3) is 0.533. The Labute approximate surface area is 115 Å². The molecule has 0 heterocycles. The normalized spacial score (nSPS) is 18.1. The number of benzene rings is 1. The van der Waals surface area contributed by atoms with E-state index in [1.807, 2.05) is 0 Å². The van der Waals surface area contributed by atoms with Gasteiger partial charge in [0.1, 0.15) is 0 Å². The molecule has 1 aromatic rings. The Kier molecular flexibility index (Phi) is 4.35. The first kappa shape index (κ1) is 14.9. The molecule has 1 N–H and O–H groups in total. The lowest BCUT2D eigenvalue weighted by molar-refractivity contribution is -0.139. The van der Waals surface area contributed by atoms with Crippen LogP contribution in [-0.2, 0) is 11.0 Å². The van der Waals surface area contributed by atoms with Gasteiger partial charge in [-0.15, -0.1) is 0 Å². The van der Waals surface area contributed by atoms with Crippen LogP contribution in [0.3, 0.4) is 0 Å². The van der Waals surface area contributed by atoms with Crippen molar-refractivity contribution in [3.05, 3.63) is 35.4 Å². The van der Waals surface area contributed by atoms with E-state index in [0.29, 0.717) is 17.9 Å². The van der Waals surface area contributed by atoms with Crippen molar-refractivity contribution in [1.82, 2.24) is 0 Å². The summed E-state index contributed by atoms with van der Waals surface area (Å²) in [6.45, 7) is 0. The van der Waals surface area contributed by atoms with E-state index in [-0.39, 0.29) is 0 Å². The Hall–Kier alpha value is -1.52. The second-order valence-corrected chi connectivity index (χ2v) is 5.40. The van der Waals surface area contributed by atoms with Gasteiger partial charge in [0.05, 0.1) is 11.5 Å². The summed E-state index contributed by atoms with van der Waals surface area (Å²) in [4.78, 5) is 11.3. The van der Waals surface area contributed by atoms with Crippen LogP contribution in [0.1, 0.15) is 49.1 Å². The molecule has 0 unspecified atom stereocenters. The third-order valence-electron chi connectivity index (χ3n) is 3.98. The van der Waals surface area contributed by atoms with Crippen molar-refractivity contribution in [3.8, 4) is 0 Å². The summed E-state index contributed by atoms with van der Waals surface area (Å²) in [5, 5.41) is 9.29. The highest BCUT2D eigenvalue weighted by Gasteiger charge is 2.31. The topological polar surface area (TPSA) is 37.3 Å². The van der Waals surface area contributed by atoms with Crippen molar-refractivity contribution in [2.24, 2.45) is 5.92 Å². The molecule has 1 atom stereocenters. The molecule has 0 spiro atoms. The smallest absolute Gasteiger partial charge is 0.416 e. The van der Waals surface area contributed by atoms with Gasteiger partial charge in [-0.3, -0.25) is 4.79 Å². The summed E-state index contributed by atoms with van der Waals surface area (Å²) >= 11 is 0. The van der Waals surface area contributed by atoms with E-state index in [9.17, 15) is 23.1 Å². The van der Waals surface area contributed by atoms with Crippen LogP contribution in [0, 0.1) is 5.92 Å². The molecular formula is C15H17F3O2. The van der Waals surface area contributed by atoms with E-state index in [2.05, 4.69) is 0 Å². The predicted octanol–water partition coefficient (Wildman–Crippen LogP) is 4.45. The summed E-state index contributed by atoms with van der Waals surface area (Å²) in [6, 6.07) is 4.49. The zero-order valence-corrected chi connectivity index (χ0v) is 11.0. The highest BCUT2D eigenvalue weighted by Crippen LogP contribution is 2.35. The van der Waals surface area contributed by atoms with Gasteiger partial charge in [-0.05, 0) is 30.0 Å². The molecule has 110 valence electrons. The SMILES string of the molecule is O=C(O)[C@H](CC1CCCC1)c1ccc(C(F)(F)F)cc1. The maximum atomic E-state index is 12.5. The first-order chi connectivity index (χ1) is 9.38. The number of halogens is 3. The molecule has 5 heteroatoms. The van der Waals surface area contributed by atoms with Crippen molar-refractivity contribution in [3.63, 3.8) is 0 Å². The van der Waals surface area contributed by atoms with Gasteiger partial charge in [0, 0.05) is 0 Å². The minimum Gasteiger partial charge on any atom is -0.481 e. The maximum absolute atomic E-state index is 12.5. The Morgan fingerprint density at radius 1 is 1.20 bits per heavy atom. The van der Waals surface area contributed by atoms with Crippen molar-refractivity contribution in [2.45, 2.75) is 44.2 Å². The zero-order valence-electron chi connectivity index (χ0n) is 11.0. The Morgan fingerprint density at radius 3 is 2.20 bits per heavy atom. The molecule has 2 rings (SSSR count). The van der Waals surface area contributed by atoms with Crippen LogP contribution < -0.4 is 0 Å². The van der Waals surface area contributed by atoms with Crippen LogP contribution in [0.2, 0.25) is 0 Å². The second-order valence-electron chi connectivity index (χ2n) is 5.40. The molecule has 2 nitrogen and oxygen atoms in total. The summed E-state index contributed by atoms with van der Waals surface area (Å²) in [5.41, 5.74) is -0.288. The second kappa shape index (κ2) is 5.85. The van der Waals surface area contributed by atoms with Gasteiger partial charge in [0.25, 0.3) is 0 Å². The molecule has 1 aliphatic rings. The summed E-state index contributed by atoms with van der Waals surface area (Å²) in [5.74, 6) is -1.30. The van der Waals surface area contributed by atoms with Crippen LogP contribution in [-0.4, -0.2) is 11.1 Å². The number of hydrogen-bond acceptors (Lipinski definition) is 1. The predicted molar refractivity (Wildman–Crippen MR) is 68.4 cm³/mol. The number of carboxylic acid groups (broad SMARTS) is 1. The van der Waals surface area contributed by atoms with Crippen LogP contribution in [0.15, 0.2) is 24.3 Å². The molecule has 1 aliphatic carbocycles. The summed E-state index contributed by atoms with van der Waals surface area (Å²) in [6.07, 6.45) is 0.395. The number of hydrogen-bond donors (Lipinski definition) is 1. The van der Waals surface area contributed by atoms with Crippen molar-refractivity contribution >= 4 is 5.97 Å². The number of alkyl halides is 3. The number of rotatable bonds is 4. The highest BCUT2D eigenvalue weighted by atomic mass is 19.4. The fourth-order valence-electron chi connectivity index (χ4n) is 2.86. The van der Waals surface area contributed by atoms with E-state index in [1.54, 1.807) is 0 Å². The fourth-order valence-corrected chi connectivity index (χ4v) is 2.86. The monoisotopic (exact) mass is 286 g/mol. The van der Waals surface area contributed by atoms with Gasteiger partial charge < -0.3 is 5.11 Å². The van der Waals surface area contributed by atoms with E-state index in [4.69, 9.17) is 0 Å². The van der Waals surface area contributed by atoms with Gasteiger partial charge in [0.15, 0.2) is 0 Å². The molecule has 0 aliphatic heterocycles. The number of carbonyl (C=O) groups is 1. The summed E-state index contributed by atoms with van der Waals surface area (Å²) < 4.78 is 37.5. The van der Waals surface area contributed by atoms with Gasteiger partial charge in [0.2, 0.25) is 0 Å². The average Bonchev–Trinajstić information content (AvgIpc) is 2.87. The molecule has 0 amide bonds. The van der Waals surface area contributed by atoms with Crippen molar-refractivity contribution in [1.29, 1.82) is 0 Å². The first-order valence-corrected chi connectivity index (χ1v) is 6.78. The summed E-state index contributed by atoms with van der Waals surface area (Å²) in [7, 11) is 0. The number of carboxylic acids is 1. The van der Waals surface area contributed by atoms with Crippen LogP contribution in [0.5, 0.6) is 0 Å². The molecule has 0 saturated heterocycles. The number of aliphatic carboxylic acids is 1. The van der Waals surface area contributed by atoms with E-state index >= 15 is 0 Å². The van der Waals surface area contributed by atoms with Crippen molar-refractivity contribution < 1.29 is 23.1 Å². The van der Waals surface area contributed by atoms with Gasteiger partial charge in [-0.2, -0.15) is 13.2 Å². The van der Waals surface area contributed by atoms with E-state index in [1.165, 1.54) is 12.1 Å². The van der Waals surface area contributed by atoms with Crippen LogP contribution in [0.4, 0.5) is 13.2 Å². The minimum atomic E-state index is -4.39. The molecule has 20 heavy (non-hydrogen) atoms. The minimum absolute atomic E-state index is 0.374. The maximum Gasteiger partial charge on any atom is 0.416 e. The van der Waals surface area contributed by atoms with E-state index in [0.717, 1.165) is 37.8 Å². The standard InChI is InChI=1S/C15H17F3O2/c16-15(17,18)12-7-5-11(6-8-12)13(14(19)20)9-10-3-1-2-4-10/h5-8,10,13H,1-4,9H2,(H,19,20)/t13-/m1/s1. The first-order valence-electron chi connectivity index (χ1n) is 6.78. The van der Waals surface area contributed by atoms with Gasteiger partial charge in [-0.1, -0.05) is 37.8 Å². The lowest BCUT2D eigenvalue weighted by Gasteiger charge is -2.17. The highest BCUT2D eigenvalue weighted by molar-refractivity contribution is 5.76. The molecule has 1 aromatic carbocycles. The molecule has 1 fully saturated rings.